The van der Waals surface area contributed by atoms with E-state index in [1.54, 1.807) is 38.1 Å². The van der Waals surface area contributed by atoms with Crippen molar-refractivity contribution in [1.82, 2.24) is 0 Å². The molecule has 0 saturated carbocycles. The molecule has 1 fully saturated rings. The second-order valence-electron chi connectivity index (χ2n) is 7.98. The van der Waals surface area contributed by atoms with E-state index in [1.807, 2.05) is 0 Å². The van der Waals surface area contributed by atoms with Crippen LogP contribution in [0.3, 0.4) is 0 Å². The molecule has 198 valence electrons. The summed E-state index contributed by atoms with van der Waals surface area (Å²) < 4.78 is 38.2. The van der Waals surface area contributed by atoms with Gasteiger partial charge in [-0.2, -0.15) is 0 Å². The van der Waals surface area contributed by atoms with Crippen molar-refractivity contribution in [2.45, 2.75) is 59.2 Å². The maximum absolute atomic E-state index is 12.7. The summed E-state index contributed by atoms with van der Waals surface area (Å²) in [5, 5.41) is 0. The summed E-state index contributed by atoms with van der Waals surface area (Å²) in [6.45, 7) is 6.68. The van der Waals surface area contributed by atoms with Gasteiger partial charge in [0.15, 0.2) is 6.10 Å². The average Bonchev–Trinajstić information content (AvgIpc) is 2.81. The Morgan fingerprint density at radius 3 is 2.19 bits per heavy atom. The van der Waals surface area contributed by atoms with Crippen LogP contribution < -0.4 is 4.74 Å². The fourth-order valence-corrected chi connectivity index (χ4v) is 3.56. The van der Waals surface area contributed by atoms with E-state index in [9.17, 15) is 19.2 Å². The van der Waals surface area contributed by atoms with Gasteiger partial charge in [-0.25, -0.2) is 4.79 Å². The van der Waals surface area contributed by atoms with Crippen LogP contribution >= 0.6 is 0 Å². The van der Waals surface area contributed by atoms with Crippen molar-refractivity contribution in [1.29, 1.82) is 0 Å². The first-order valence-corrected chi connectivity index (χ1v) is 11.4. The molecule has 0 radical (unpaired) electrons. The first kappa shape index (κ1) is 28.6. The van der Waals surface area contributed by atoms with Crippen molar-refractivity contribution in [3.8, 4) is 5.75 Å². The molecule has 1 saturated heterocycles. The fraction of sp³-hybridized carbons (Fsp3) is 0.520. The molecule has 0 N–H and O–H groups in total. The van der Waals surface area contributed by atoms with E-state index in [-0.39, 0.29) is 19.0 Å². The van der Waals surface area contributed by atoms with Gasteiger partial charge in [0.1, 0.15) is 24.6 Å². The molecule has 0 aliphatic carbocycles. The van der Waals surface area contributed by atoms with Gasteiger partial charge in [-0.1, -0.05) is 19.1 Å². The number of methoxy groups -OCH3 is 1. The fourth-order valence-electron chi connectivity index (χ4n) is 3.56. The van der Waals surface area contributed by atoms with Gasteiger partial charge in [0, 0.05) is 20.8 Å². The molecule has 0 bridgehead atoms. The van der Waals surface area contributed by atoms with Gasteiger partial charge >= 0.3 is 23.9 Å². The predicted octanol–water partition coefficient (Wildman–Crippen LogP) is 2.40. The van der Waals surface area contributed by atoms with E-state index >= 15 is 0 Å². The average molecular weight is 509 g/mol. The lowest BCUT2D eigenvalue weighted by molar-refractivity contribution is -0.279. The Hall–Kier alpha value is -3.60. The number of hydrogen-bond donors (Lipinski definition) is 0. The van der Waals surface area contributed by atoms with Gasteiger partial charge in [-0.3, -0.25) is 14.4 Å². The Labute approximate surface area is 209 Å². The first-order valence-electron chi connectivity index (χ1n) is 11.4. The van der Waals surface area contributed by atoms with Crippen molar-refractivity contribution < 1.29 is 52.3 Å². The molecule has 5 atom stereocenters. The van der Waals surface area contributed by atoms with Gasteiger partial charge in [-0.05, 0) is 30.7 Å². The normalized spacial score (nSPS) is 23.7. The molecule has 0 spiro atoms. The second-order valence-corrected chi connectivity index (χ2v) is 7.98. The van der Waals surface area contributed by atoms with Gasteiger partial charge in [0.25, 0.3) is 0 Å². The number of hydrogen-bond acceptors (Lipinski definition) is 11. The summed E-state index contributed by atoms with van der Waals surface area (Å²) in [4.78, 5) is 47.8. The number of esters is 4. The van der Waals surface area contributed by atoms with Crippen LogP contribution in [0, 0.1) is 5.92 Å². The summed E-state index contributed by atoms with van der Waals surface area (Å²) in [5.41, 5.74) is 0.589. The summed E-state index contributed by atoms with van der Waals surface area (Å²) in [6, 6.07) is 6.91. The van der Waals surface area contributed by atoms with E-state index in [1.165, 1.54) is 34.0 Å². The van der Waals surface area contributed by atoms with Gasteiger partial charge < -0.3 is 33.2 Å². The zero-order valence-electron chi connectivity index (χ0n) is 21.2. The molecule has 2 rings (SSSR count). The number of carbonyl (C=O) groups is 4. The monoisotopic (exact) mass is 508 g/mol. The molecule has 11 heteroatoms. The highest BCUT2D eigenvalue weighted by molar-refractivity contribution is 5.91. The highest BCUT2D eigenvalue weighted by atomic mass is 16.7. The number of benzene rings is 1. The van der Waals surface area contributed by atoms with E-state index < -0.39 is 54.4 Å². The lowest BCUT2D eigenvalue weighted by atomic mass is 9.91. The quantitative estimate of drug-likeness (QED) is 0.200. The van der Waals surface area contributed by atoms with Gasteiger partial charge in [0.05, 0.1) is 19.6 Å². The minimum Gasteiger partial charge on any atom is -0.497 e. The largest absolute Gasteiger partial charge is 0.497 e. The summed E-state index contributed by atoms with van der Waals surface area (Å²) in [5.74, 6) is -2.95. The Morgan fingerprint density at radius 2 is 1.61 bits per heavy atom. The maximum Gasteiger partial charge on any atom is 0.373 e. The zero-order valence-corrected chi connectivity index (χ0v) is 21.2. The van der Waals surface area contributed by atoms with Crippen LogP contribution in [0.1, 0.15) is 40.2 Å². The van der Waals surface area contributed by atoms with Crippen LogP contribution in [0.2, 0.25) is 0 Å². The molecule has 36 heavy (non-hydrogen) atoms. The van der Waals surface area contributed by atoms with Crippen LogP contribution in [-0.2, 0) is 47.6 Å². The van der Waals surface area contributed by atoms with Crippen molar-refractivity contribution in [2.75, 3.05) is 20.3 Å². The first-order chi connectivity index (χ1) is 17.0. The lowest BCUT2D eigenvalue weighted by Crippen LogP contribution is -2.58. The van der Waals surface area contributed by atoms with Crippen LogP contribution in [0.5, 0.6) is 5.75 Å². The van der Waals surface area contributed by atoms with Gasteiger partial charge in [0.2, 0.25) is 12.0 Å². The third-order valence-electron chi connectivity index (χ3n) is 5.11. The Kier molecular flexibility index (Phi) is 10.7. The van der Waals surface area contributed by atoms with E-state index in [2.05, 4.69) is 0 Å². The molecule has 1 aliphatic rings. The number of carbonyl (C=O) groups excluding carboxylic acids is 4. The zero-order chi connectivity index (χ0) is 26.8. The van der Waals surface area contributed by atoms with Crippen molar-refractivity contribution in [3.05, 3.63) is 35.6 Å². The van der Waals surface area contributed by atoms with E-state index in [0.29, 0.717) is 11.3 Å². The van der Waals surface area contributed by atoms with Crippen molar-refractivity contribution >= 4 is 30.0 Å². The molecular weight excluding hydrogens is 476 g/mol. The Morgan fingerprint density at radius 1 is 0.944 bits per heavy atom. The van der Waals surface area contributed by atoms with Crippen LogP contribution in [0.4, 0.5) is 0 Å². The van der Waals surface area contributed by atoms with Gasteiger partial charge in [-0.15, -0.1) is 0 Å². The van der Waals surface area contributed by atoms with E-state index in [0.717, 1.165) is 0 Å². The second kappa shape index (κ2) is 13.5. The highest BCUT2D eigenvalue weighted by Crippen LogP contribution is 2.33. The molecule has 0 amide bonds. The smallest absolute Gasteiger partial charge is 0.373 e. The third kappa shape index (κ3) is 8.26. The molecule has 1 aromatic carbocycles. The number of ether oxygens (including phenoxy) is 7. The Bertz CT molecular complexity index is 971. The van der Waals surface area contributed by atoms with Crippen molar-refractivity contribution in [3.63, 3.8) is 0 Å². The summed E-state index contributed by atoms with van der Waals surface area (Å²) in [7, 11) is 1.51. The lowest BCUT2D eigenvalue weighted by Gasteiger charge is -2.43. The molecule has 1 aliphatic heterocycles. The molecule has 11 nitrogen and oxygen atoms in total. The Balaban J connectivity index is 2.44. The molecule has 0 aromatic heterocycles. The highest BCUT2D eigenvalue weighted by Gasteiger charge is 2.49. The molecule has 1 aromatic rings. The number of rotatable bonds is 10. The minimum atomic E-state index is -1.16. The minimum absolute atomic E-state index is 0.0956. The van der Waals surface area contributed by atoms with E-state index in [4.69, 9.17) is 33.2 Å². The summed E-state index contributed by atoms with van der Waals surface area (Å²) in [6.07, 6.45) is -2.87. The third-order valence-corrected chi connectivity index (χ3v) is 5.11. The standard InChI is InChI=1S/C25H32O11/c1-7-31-24(29)20(12-18-9-8-10-19(11-18)30-6)35-25-14(2)22(33-16(4)27)23(34-17(5)28)21(36-25)13-32-15(3)26/h8-12,14,21-23,25H,7,13H2,1-6H3/b20-12-/t14-,21-,22-,23+,25-/m0/s1. The summed E-state index contributed by atoms with van der Waals surface area (Å²) >= 11 is 0. The molecule has 1 heterocycles. The molecular formula is C25H32O11. The predicted molar refractivity (Wildman–Crippen MR) is 124 cm³/mol. The van der Waals surface area contributed by atoms with Crippen LogP contribution in [-0.4, -0.2) is 68.8 Å². The van der Waals surface area contributed by atoms with Crippen molar-refractivity contribution in [2.24, 2.45) is 5.92 Å². The maximum atomic E-state index is 12.7. The molecule has 0 unspecified atom stereocenters. The topological polar surface area (TPSA) is 133 Å². The SMILES string of the molecule is CCOC(=O)/C(=C/c1cccc(OC)c1)O[C@H]1O[C@@H](COC(C)=O)[C@@H](OC(C)=O)[C@@H](OC(C)=O)[C@@H]1C. The van der Waals surface area contributed by atoms with Crippen LogP contribution in [0.15, 0.2) is 30.0 Å². The van der Waals surface area contributed by atoms with Crippen LogP contribution in [0.25, 0.3) is 6.08 Å².